The predicted molar refractivity (Wildman–Crippen MR) is 60.0 cm³/mol. The van der Waals surface area contributed by atoms with Crippen LogP contribution in [-0.4, -0.2) is 42.1 Å². The summed E-state index contributed by atoms with van der Waals surface area (Å²) in [6.45, 7) is 3.59. The van der Waals surface area contributed by atoms with E-state index >= 15 is 0 Å². The van der Waals surface area contributed by atoms with Crippen molar-refractivity contribution < 1.29 is 18.6 Å². The summed E-state index contributed by atoms with van der Waals surface area (Å²) < 4.78 is 30.8. The van der Waals surface area contributed by atoms with Crippen LogP contribution in [0.15, 0.2) is 0 Å². The summed E-state index contributed by atoms with van der Waals surface area (Å²) in [7, 11) is 1.82. The molecule has 0 bridgehead atoms. The van der Waals surface area contributed by atoms with Crippen molar-refractivity contribution in [2.75, 3.05) is 4.43 Å². The van der Waals surface area contributed by atoms with E-state index in [0.29, 0.717) is 0 Å². The minimum absolute atomic E-state index is 0.249. The molecule has 14 heavy (non-hydrogen) atoms. The van der Waals surface area contributed by atoms with Gasteiger partial charge in [-0.1, -0.05) is 22.6 Å². The van der Waals surface area contributed by atoms with Crippen molar-refractivity contribution in [3.63, 3.8) is 0 Å². The van der Waals surface area contributed by atoms with E-state index in [1.54, 1.807) is 13.8 Å². The first-order valence-electron chi connectivity index (χ1n) is 4.66. The highest BCUT2D eigenvalue weighted by molar-refractivity contribution is 14.1. The average molecular weight is 314 g/mol. The molecule has 0 aromatic heterocycles. The fourth-order valence-electron chi connectivity index (χ4n) is 2.02. The lowest BCUT2D eigenvalue weighted by atomic mass is 9.93. The van der Waals surface area contributed by atoms with Gasteiger partial charge in [-0.2, -0.15) is 0 Å². The second-order valence-corrected chi connectivity index (χ2v) is 5.03. The summed E-state index contributed by atoms with van der Waals surface area (Å²) >= 11 is 1.97. The largest absolute Gasteiger partial charge is 0.346 e. The third-order valence-electron chi connectivity index (χ3n) is 2.58. The Morgan fingerprint density at radius 3 is 2.57 bits per heavy atom. The number of alkyl halides is 2. The van der Waals surface area contributed by atoms with Gasteiger partial charge in [-0.05, 0) is 13.8 Å². The standard InChI is InChI=1S/C8H13BFIO3/c1-7(2)12-4-5(13-7)8(10,3-11)14-6(4)9/h4-6H,3,9H2,1-2H3/t4?,5?,6-,8-/m1/s1. The van der Waals surface area contributed by atoms with Gasteiger partial charge < -0.3 is 14.2 Å². The van der Waals surface area contributed by atoms with Crippen LogP contribution in [0.2, 0.25) is 0 Å². The van der Waals surface area contributed by atoms with Gasteiger partial charge in [0.2, 0.25) is 5.85 Å². The monoisotopic (exact) mass is 314 g/mol. The molecule has 4 atom stereocenters. The summed E-state index contributed by atoms with van der Waals surface area (Å²) in [5, 5.41) is 0. The van der Waals surface area contributed by atoms with Gasteiger partial charge in [0.05, 0.1) is 10.4 Å². The summed E-state index contributed by atoms with van der Waals surface area (Å²) in [5.74, 6) is -2.39. The number of hydrogen-bond donors (Lipinski definition) is 0. The van der Waals surface area contributed by atoms with Crippen molar-refractivity contribution in [1.29, 1.82) is 0 Å². The fourth-order valence-corrected chi connectivity index (χ4v) is 2.63. The molecule has 2 saturated heterocycles. The molecule has 2 unspecified atom stereocenters. The molecule has 2 aliphatic rings. The van der Waals surface area contributed by atoms with Gasteiger partial charge in [0.1, 0.15) is 20.1 Å². The topological polar surface area (TPSA) is 27.7 Å². The van der Waals surface area contributed by atoms with E-state index in [1.165, 1.54) is 0 Å². The van der Waals surface area contributed by atoms with Crippen molar-refractivity contribution in [2.24, 2.45) is 0 Å². The van der Waals surface area contributed by atoms with Crippen LogP contribution in [0.5, 0.6) is 0 Å². The van der Waals surface area contributed by atoms with E-state index < -0.39 is 17.7 Å². The Balaban J connectivity index is 2.23. The van der Waals surface area contributed by atoms with Crippen LogP contribution in [0.25, 0.3) is 0 Å². The second kappa shape index (κ2) is 3.30. The number of fused-ring (bicyclic) bond motifs is 1. The van der Waals surface area contributed by atoms with Crippen molar-refractivity contribution in [3.8, 4) is 0 Å². The van der Waals surface area contributed by atoms with Crippen molar-refractivity contribution in [3.05, 3.63) is 0 Å². The minimum Gasteiger partial charge on any atom is -0.346 e. The first kappa shape index (κ1) is 11.1. The van der Waals surface area contributed by atoms with Crippen LogP contribution in [0, 0.1) is 0 Å². The summed E-state index contributed by atoms with van der Waals surface area (Å²) in [4.78, 5) is 0. The molecular formula is C8H13BFIO3. The van der Waals surface area contributed by atoms with E-state index in [4.69, 9.17) is 14.2 Å². The quantitative estimate of drug-likeness (QED) is 0.403. The van der Waals surface area contributed by atoms with Gasteiger partial charge in [-0.15, -0.1) is 0 Å². The lowest BCUT2D eigenvalue weighted by Crippen LogP contribution is -2.40. The highest BCUT2D eigenvalue weighted by Gasteiger charge is 2.61. The minimum atomic E-state index is -1.70. The molecular weight excluding hydrogens is 301 g/mol. The molecule has 0 aromatic rings. The predicted octanol–water partition coefficient (Wildman–Crippen LogP) is 0.597. The van der Waals surface area contributed by atoms with Crippen molar-refractivity contribution >= 4 is 30.4 Å². The second-order valence-electron chi connectivity index (χ2n) is 4.26. The number of rotatable bonds is 1. The summed E-state index contributed by atoms with van der Waals surface area (Å²) in [6.07, 6.45) is -0.880. The van der Waals surface area contributed by atoms with Crippen LogP contribution in [0.4, 0.5) is 4.39 Å². The lowest BCUT2D eigenvalue weighted by Gasteiger charge is -2.26. The van der Waals surface area contributed by atoms with Gasteiger partial charge in [-0.25, -0.2) is 4.39 Å². The molecule has 2 heterocycles. The van der Waals surface area contributed by atoms with E-state index in [9.17, 15) is 4.39 Å². The average Bonchev–Trinajstić information content (AvgIpc) is 2.50. The first-order valence-corrected chi connectivity index (χ1v) is 6.19. The van der Waals surface area contributed by atoms with Gasteiger partial charge in [0.15, 0.2) is 5.79 Å². The summed E-state index contributed by atoms with van der Waals surface area (Å²) in [6, 6.07) is -0.249. The maximum absolute atomic E-state index is 14.2. The third-order valence-corrected chi connectivity index (χ3v) is 3.62. The highest BCUT2D eigenvalue weighted by Crippen LogP contribution is 2.44. The molecule has 0 amide bonds. The smallest absolute Gasteiger partial charge is 0.247 e. The van der Waals surface area contributed by atoms with Gasteiger partial charge in [0.25, 0.3) is 0 Å². The van der Waals surface area contributed by atoms with E-state index in [1.807, 2.05) is 30.4 Å². The van der Waals surface area contributed by atoms with E-state index in [-0.39, 0.29) is 16.5 Å². The normalized spacial score (nSPS) is 50.7. The molecule has 0 N–H and O–H groups in total. The Kier molecular flexibility index (Phi) is 2.61. The van der Waals surface area contributed by atoms with Crippen LogP contribution in [0.3, 0.4) is 0 Å². The molecule has 3 nitrogen and oxygen atoms in total. The zero-order valence-electron chi connectivity index (χ0n) is 8.42. The lowest BCUT2D eigenvalue weighted by molar-refractivity contribution is -0.225. The van der Waals surface area contributed by atoms with Crippen LogP contribution in [0.1, 0.15) is 13.8 Å². The zero-order valence-corrected chi connectivity index (χ0v) is 10.6. The van der Waals surface area contributed by atoms with Gasteiger partial charge in [-0.3, -0.25) is 0 Å². The Morgan fingerprint density at radius 1 is 1.36 bits per heavy atom. The zero-order chi connectivity index (χ0) is 10.6. The number of halogens is 2. The molecule has 0 spiro atoms. The maximum atomic E-state index is 14.2. The molecule has 0 aromatic carbocycles. The Morgan fingerprint density at radius 2 is 2.00 bits per heavy atom. The molecule has 6 heteroatoms. The Bertz CT molecular complexity index is 253. The molecule has 2 aliphatic heterocycles. The first-order chi connectivity index (χ1) is 6.38. The third kappa shape index (κ3) is 1.60. The summed E-state index contributed by atoms with van der Waals surface area (Å²) in [5.41, 5.74) is 0. The van der Waals surface area contributed by atoms with Crippen LogP contribution < -0.4 is 0 Å². The van der Waals surface area contributed by atoms with Crippen LogP contribution in [-0.2, 0) is 14.2 Å². The number of hydrogen-bond acceptors (Lipinski definition) is 3. The molecule has 2 rings (SSSR count). The van der Waals surface area contributed by atoms with E-state index in [2.05, 4.69) is 0 Å². The molecule has 0 aliphatic carbocycles. The Labute approximate surface area is 97.2 Å². The SMILES string of the molecule is B[C@@H]1O[C@](F)(CI)C2OC(C)(C)OC21. The Hall–Kier alpha value is 0.605. The molecule has 0 saturated carbocycles. The van der Waals surface area contributed by atoms with Gasteiger partial charge in [0, 0.05) is 0 Å². The maximum Gasteiger partial charge on any atom is 0.247 e. The van der Waals surface area contributed by atoms with Gasteiger partial charge >= 0.3 is 0 Å². The fraction of sp³-hybridized carbons (Fsp3) is 1.00. The van der Waals surface area contributed by atoms with E-state index in [0.717, 1.165) is 0 Å². The molecule has 80 valence electrons. The number of ether oxygens (including phenoxy) is 3. The highest BCUT2D eigenvalue weighted by atomic mass is 127. The van der Waals surface area contributed by atoms with Crippen LogP contribution >= 0.6 is 22.6 Å². The molecule has 2 fully saturated rings. The van der Waals surface area contributed by atoms with Crippen molar-refractivity contribution in [2.45, 2.75) is 43.7 Å². The molecule has 0 radical (unpaired) electrons. The van der Waals surface area contributed by atoms with Crippen molar-refractivity contribution in [1.82, 2.24) is 0 Å².